The van der Waals surface area contributed by atoms with E-state index >= 15 is 0 Å². The average molecular weight is 544 g/mol. The van der Waals surface area contributed by atoms with Crippen molar-refractivity contribution in [2.24, 2.45) is 46.3 Å². The summed E-state index contributed by atoms with van der Waals surface area (Å²) in [6, 6.07) is 10.3. The van der Waals surface area contributed by atoms with Gasteiger partial charge in [-0.05, 0) is 110 Å². The molecule has 1 aromatic carbocycles. The molecule has 6 heteroatoms. The van der Waals surface area contributed by atoms with Crippen LogP contribution in [0.4, 0.5) is 0 Å². The normalized spacial score (nSPS) is 43.0. The second-order valence-corrected chi connectivity index (χ2v) is 14.7. The van der Waals surface area contributed by atoms with Crippen LogP contribution in [0.3, 0.4) is 0 Å². The first-order chi connectivity index (χ1) is 18.1. The van der Waals surface area contributed by atoms with Gasteiger partial charge >= 0.3 is 0 Å². The molecule has 4 saturated carbocycles. The van der Waals surface area contributed by atoms with Gasteiger partial charge in [0.05, 0.1) is 18.3 Å². The van der Waals surface area contributed by atoms with E-state index in [1.54, 1.807) is 11.8 Å². The molecule has 0 bridgehead atoms. The smallest absolute Gasteiger partial charge is 0.220 e. The number of hydrogen-bond donors (Lipinski definition) is 4. The minimum absolute atomic E-state index is 0.103. The van der Waals surface area contributed by atoms with Crippen LogP contribution in [0.25, 0.3) is 0 Å². The lowest BCUT2D eigenvalue weighted by Crippen LogP contribution is -2.62. The van der Waals surface area contributed by atoms with Gasteiger partial charge in [0.15, 0.2) is 0 Å². The lowest BCUT2D eigenvalue weighted by molar-refractivity contribution is -0.207. The lowest BCUT2D eigenvalue weighted by Gasteiger charge is -2.63. The topological polar surface area (TPSA) is 89.8 Å². The molecule has 0 saturated heterocycles. The van der Waals surface area contributed by atoms with Gasteiger partial charge in [-0.25, -0.2) is 0 Å². The van der Waals surface area contributed by atoms with Crippen molar-refractivity contribution in [1.82, 2.24) is 5.32 Å². The molecule has 5 nitrogen and oxygen atoms in total. The van der Waals surface area contributed by atoms with Crippen molar-refractivity contribution in [1.29, 1.82) is 0 Å². The van der Waals surface area contributed by atoms with Gasteiger partial charge in [-0.3, -0.25) is 4.79 Å². The summed E-state index contributed by atoms with van der Waals surface area (Å²) in [5.74, 6) is 2.95. The number of fused-ring (bicyclic) bond motifs is 5. The molecule has 1 aromatic rings. The molecular formula is C32H49NO4S. The highest BCUT2D eigenvalue weighted by Gasteiger charge is 2.65. The van der Waals surface area contributed by atoms with E-state index in [0.29, 0.717) is 42.6 Å². The maximum atomic E-state index is 12.6. The Morgan fingerprint density at radius 3 is 2.58 bits per heavy atom. The Balaban J connectivity index is 1.17. The summed E-state index contributed by atoms with van der Waals surface area (Å²) in [6.07, 6.45) is 6.74. The second-order valence-electron chi connectivity index (χ2n) is 13.6. The van der Waals surface area contributed by atoms with Crippen LogP contribution >= 0.6 is 11.8 Å². The predicted octanol–water partition coefficient (Wildman–Crippen LogP) is 5.27. The van der Waals surface area contributed by atoms with E-state index in [0.717, 1.165) is 57.1 Å². The summed E-state index contributed by atoms with van der Waals surface area (Å²) >= 11 is 1.76. The molecule has 5 rings (SSSR count). The number of nitrogens with one attached hydrogen (secondary N) is 1. The largest absolute Gasteiger partial charge is 0.393 e. The summed E-state index contributed by atoms with van der Waals surface area (Å²) in [5, 5.41) is 36.6. The van der Waals surface area contributed by atoms with Gasteiger partial charge in [0.2, 0.25) is 5.91 Å². The molecule has 0 aliphatic heterocycles. The third kappa shape index (κ3) is 5.20. The maximum Gasteiger partial charge on any atom is 0.220 e. The summed E-state index contributed by atoms with van der Waals surface area (Å²) in [5.41, 5.74) is -0.103. The molecule has 38 heavy (non-hydrogen) atoms. The highest BCUT2D eigenvalue weighted by atomic mass is 32.2. The fourth-order valence-electron chi connectivity index (χ4n) is 9.66. The summed E-state index contributed by atoms with van der Waals surface area (Å²) in [7, 11) is 0. The van der Waals surface area contributed by atoms with Crippen LogP contribution in [-0.4, -0.2) is 51.8 Å². The Bertz CT molecular complexity index is 960. The maximum absolute atomic E-state index is 12.6. The molecule has 4 aliphatic rings. The van der Waals surface area contributed by atoms with E-state index in [1.807, 2.05) is 18.2 Å². The quantitative estimate of drug-likeness (QED) is 0.265. The SMILES string of the molecule is CC(CCC(=O)NCCSc1ccccc1)C1CCC2C3C(O)CC4CC(O)CCC4(C)C3CC(O)C12C. The molecule has 1 amide bonds. The van der Waals surface area contributed by atoms with Crippen LogP contribution in [0, 0.1) is 46.3 Å². The summed E-state index contributed by atoms with van der Waals surface area (Å²) in [6.45, 7) is 7.62. The fraction of sp³-hybridized carbons (Fsp3) is 0.781. The number of thioether (sulfide) groups is 1. The molecule has 0 radical (unpaired) electrons. The second kappa shape index (κ2) is 11.4. The zero-order valence-electron chi connectivity index (χ0n) is 23.5. The average Bonchev–Trinajstić information content (AvgIpc) is 3.26. The summed E-state index contributed by atoms with van der Waals surface area (Å²) < 4.78 is 0. The van der Waals surface area contributed by atoms with Gasteiger partial charge in [-0.15, -0.1) is 11.8 Å². The zero-order chi connectivity index (χ0) is 27.1. The lowest BCUT2D eigenvalue weighted by atomic mass is 9.43. The first kappa shape index (κ1) is 28.4. The Labute approximate surface area is 233 Å². The Morgan fingerprint density at radius 2 is 1.82 bits per heavy atom. The van der Waals surface area contributed by atoms with Gasteiger partial charge in [-0.1, -0.05) is 39.0 Å². The van der Waals surface area contributed by atoms with Crippen molar-refractivity contribution in [3.63, 3.8) is 0 Å². The molecule has 11 unspecified atom stereocenters. The van der Waals surface area contributed by atoms with Crippen molar-refractivity contribution < 1.29 is 20.1 Å². The molecule has 0 spiro atoms. The van der Waals surface area contributed by atoms with E-state index in [1.165, 1.54) is 4.90 Å². The third-order valence-corrected chi connectivity index (χ3v) is 12.8. The van der Waals surface area contributed by atoms with Crippen molar-refractivity contribution in [2.75, 3.05) is 12.3 Å². The number of aliphatic hydroxyl groups excluding tert-OH is 3. The van der Waals surface area contributed by atoms with E-state index in [4.69, 9.17) is 0 Å². The van der Waals surface area contributed by atoms with Crippen LogP contribution in [0.1, 0.15) is 78.6 Å². The highest BCUT2D eigenvalue weighted by Crippen LogP contribution is 2.68. The number of aliphatic hydroxyl groups is 3. The minimum atomic E-state index is -0.373. The monoisotopic (exact) mass is 543 g/mol. The number of carbonyl (C=O) groups excluding carboxylic acids is 1. The Hall–Kier alpha value is -1.08. The number of hydrogen-bond acceptors (Lipinski definition) is 5. The van der Waals surface area contributed by atoms with Crippen molar-refractivity contribution >= 4 is 17.7 Å². The standard InChI is InChI=1S/C32H49NO4S/c1-20(9-12-29(37)33-15-16-38-23-7-5-4-6-8-23)24-10-11-25-30-26(19-28(36)32(24,25)3)31(2)14-13-22(34)17-21(31)18-27(30)35/h4-8,20-22,24-28,30,34-36H,9-19H2,1-3H3,(H,33,37). The van der Waals surface area contributed by atoms with Gasteiger partial charge in [0.25, 0.3) is 0 Å². The third-order valence-electron chi connectivity index (χ3n) is 11.8. The minimum Gasteiger partial charge on any atom is -0.393 e. The van der Waals surface area contributed by atoms with Crippen LogP contribution in [0.5, 0.6) is 0 Å². The van der Waals surface area contributed by atoms with E-state index in [-0.39, 0.29) is 41.0 Å². The van der Waals surface area contributed by atoms with Crippen molar-refractivity contribution in [3.8, 4) is 0 Å². The first-order valence-electron chi connectivity index (χ1n) is 15.1. The highest BCUT2D eigenvalue weighted by molar-refractivity contribution is 7.99. The number of benzene rings is 1. The summed E-state index contributed by atoms with van der Waals surface area (Å²) in [4.78, 5) is 13.8. The van der Waals surface area contributed by atoms with Crippen LogP contribution in [0.15, 0.2) is 35.2 Å². The molecule has 212 valence electrons. The van der Waals surface area contributed by atoms with Gasteiger partial charge in [0, 0.05) is 23.6 Å². The molecule has 0 aromatic heterocycles. The molecule has 0 heterocycles. The van der Waals surface area contributed by atoms with E-state index in [9.17, 15) is 20.1 Å². The fourth-order valence-corrected chi connectivity index (χ4v) is 10.4. The van der Waals surface area contributed by atoms with Crippen LogP contribution < -0.4 is 5.32 Å². The number of rotatable bonds is 8. The molecular weight excluding hydrogens is 494 g/mol. The van der Waals surface area contributed by atoms with Crippen LogP contribution in [0.2, 0.25) is 0 Å². The van der Waals surface area contributed by atoms with E-state index in [2.05, 4.69) is 38.2 Å². The Kier molecular flexibility index (Phi) is 8.55. The number of amides is 1. The van der Waals surface area contributed by atoms with Crippen molar-refractivity contribution in [2.45, 2.75) is 102 Å². The van der Waals surface area contributed by atoms with E-state index < -0.39 is 0 Å². The number of carbonyl (C=O) groups is 1. The van der Waals surface area contributed by atoms with Crippen LogP contribution in [-0.2, 0) is 4.79 Å². The molecule has 4 N–H and O–H groups in total. The van der Waals surface area contributed by atoms with Gasteiger partial charge < -0.3 is 20.6 Å². The predicted molar refractivity (Wildman–Crippen MR) is 153 cm³/mol. The van der Waals surface area contributed by atoms with Gasteiger partial charge in [0.1, 0.15) is 0 Å². The Morgan fingerprint density at radius 1 is 1.05 bits per heavy atom. The molecule has 4 fully saturated rings. The first-order valence-corrected chi connectivity index (χ1v) is 16.1. The zero-order valence-corrected chi connectivity index (χ0v) is 24.3. The molecule has 4 aliphatic carbocycles. The van der Waals surface area contributed by atoms with Crippen molar-refractivity contribution in [3.05, 3.63) is 30.3 Å². The molecule has 11 atom stereocenters. The van der Waals surface area contributed by atoms with Gasteiger partial charge in [-0.2, -0.15) is 0 Å².